The Balaban J connectivity index is 1.40. The van der Waals surface area contributed by atoms with Crippen LogP contribution >= 0.6 is 0 Å². The zero-order valence-electron chi connectivity index (χ0n) is 11.8. The van der Waals surface area contributed by atoms with E-state index in [-0.39, 0.29) is 6.29 Å². The molecule has 4 rings (SSSR count). The van der Waals surface area contributed by atoms with Crippen molar-refractivity contribution < 1.29 is 9.47 Å². The summed E-state index contributed by atoms with van der Waals surface area (Å²) >= 11 is 0. The van der Waals surface area contributed by atoms with Crippen molar-refractivity contribution in [2.24, 2.45) is 5.92 Å². The molecule has 1 aromatic carbocycles. The number of fused-ring (bicyclic) bond motifs is 1. The maximum atomic E-state index is 5.66. The molecular weight excluding hydrogens is 252 g/mol. The Morgan fingerprint density at radius 3 is 2.50 bits per heavy atom. The van der Waals surface area contributed by atoms with Gasteiger partial charge in [-0.2, -0.15) is 0 Å². The highest BCUT2D eigenvalue weighted by Gasteiger charge is 2.33. The SMILES string of the molecule is c1ccc2c(c1)CCN2N1CCC(C2OCCO2)CC1. The smallest absolute Gasteiger partial charge is 0.160 e. The molecule has 4 heteroatoms. The Bertz CT molecular complexity index is 465. The van der Waals surface area contributed by atoms with Gasteiger partial charge in [0.15, 0.2) is 6.29 Å². The van der Waals surface area contributed by atoms with Crippen molar-refractivity contribution in [1.82, 2.24) is 5.01 Å². The molecule has 0 aromatic heterocycles. The van der Waals surface area contributed by atoms with Crippen LogP contribution in [0.1, 0.15) is 18.4 Å². The summed E-state index contributed by atoms with van der Waals surface area (Å²) in [4.78, 5) is 0. The molecule has 3 aliphatic heterocycles. The maximum absolute atomic E-state index is 5.66. The first-order valence-corrected chi connectivity index (χ1v) is 7.75. The summed E-state index contributed by atoms with van der Waals surface area (Å²) in [6.45, 7) is 4.89. The minimum absolute atomic E-state index is 0.0583. The second-order valence-corrected chi connectivity index (χ2v) is 5.90. The number of rotatable bonds is 2. The van der Waals surface area contributed by atoms with Crippen LogP contribution in [0.3, 0.4) is 0 Å². The van der Waals surface area contributed by atoms with E-state index in [0.29, 0.717) is 5.92 Å². The fourth-order valence-electron chi connectivity index (χ4n) is 3.66. The average Bonchev–Trinajstić information content (AvgIpc) is 3.17. The van der Waals surface area contributed by atoms with E-state index in [1.807, 2.05) is 0 Å². The van der Waals surface area contributed by atoms with E-state index in [2.05, 4.69) is 34.3 Å². The molecule has 2 saturated heterocycles. The highest BCUT2D eigenvalue weighted by molar-refractivity contribution is 5.56. The molecule has 108 valence electrons. The Morgan fingerprint density at radius 1 is 0.950 bits per heavy atom. The van der Waals surface area contributed by atoms with Crippen LogP contribution < -0.4 is 5.01 Å². The molecule has 0 bridgehead atoms. The largest absolute Gasteiger partial charge is 0.350 e. The van der Waals surface area contributed by atoms with Gasteiger partial charge in [-0.25, -0.2) is 5.01 Å². The first-order valence-electron chi connectivity index (χ1n) is 7.75. The van der Waals surface area contributed by atoms with E-state index >= 15 is 0 Å². The van der Waals surface area contributed by atoms with Crippen LogP contribution in [0, 0.1) is 5.92 Å². The molecule has 0 aliphatic carbocycles. The van der Waals surface area contributed by atoms with E-state index in [1.54, 1.807) is 0 Å². The second-order valence-electron chi connectivity index (χ2n) is 5.90. The summed E-state index contributed by atoms with van der Waals surface area (Å²) in [5.41, 5.74) is 2.89. The van der Waals surface area contributed by atoms with E-state index in [1.165, 1.54) is 30.5 Å². The van der Waals surface area contributed by atoms with Gasteiger partial charge in [0.2, 0.25) is 0 Å². The highest BCUT2D eigenvalue weighted by Crippen LogP contribution is 2.32. The van der Waals surface area contributed by atoms with Crippen LogP contribution in [-0.2, 0) is 15.9 Å². The fraction of sp³-hybridized carbons (Fsp3) is 0.625. The Morgan fingerprint density at radius 2 is 1.70 bits per heavy atom. The zero-order chi connectivity index (χ0) is 13.4. The van der Waals surface area contributed by atoms with Gasteiger partial charge in [-0.05, 0) is 30.9 Å². The highest BCUT2D eigenvalue weighted by atomic mass is 16.7. The molecule has 20 heavy (non-hydrogen) atoms. The number of hydrogen-bond donors (Lipinski definition) is 0. The lowest BCUT2D eigenvalue weighted by atomic mass is 9.97. The topological polar surface area (TPSA) is 24.9 Å². The van der Waals surface area contributed by atoms with Crippen molar-refractivity contribution in [3.63, 3.8) is 0 Å². The monoisotopic (exact) mass is 274 g/mol. The minimum Gasteiger partial charge on any atom is -0.350 e. The van der Waals surface area contributed by atoms with Gasteiger partial charge in [-0.15, -0.1) is 0 Å². The number of ether oxygens (including phenoxy) is 2. The number of hydrazine groups is 1. The number of benzene rings is 1. The molecule has 0 radical (unpaired) electrons. The molecule has 0 spiro atoms. The molecule has 0 atom stereocenters. The molecule has 0 N–H and O–H groups in total. The third-order valence-electron chi connectivity index (χ3n) is 4.75. The van der Waals surface area contributed by atoms with Crippen LogP contribution in [-0.4, -0.2) is 44.1 Å². The fourth-order valence-corrected chi connectivity index (χ4v) is 3.66. The lowest BCUT2D eigenvalue weighted by Gasteiger charge is -2.40. The summed E-state index contributed by atoms with van der Waals surface area (Å²) in [5.74, 6) is 0.576. The molecule has 3 aliphatic rings. The van der Waals surface area contributed by atoms with Gasteiger partial charge >= 0.3 is 0 Å². The van der Waals surface area contributed by atoms with Crippen LogP contribution in [0.2, 0.25) is 0 Å². The van der Waals surface area contributed by atoms with Crippen LogP contribution in [0.4, 0.5) is 5.69 Å². The van der Waals surface area contributed by atoms with Gasteiger partial charge in [-0.3, -0.25) is 0 Å². The lowest BCUT2D eigenvalue weighted by molar-refractivity contribution is -0.0978. The van der Waals surface area contributed by atoms with Gasteiger partial charge in [-0.1, -0.05) is 18.2 Å². The Labute approximate surface area is 120 Å². The Hall–Kier alpha value is -1.10. The van der Waals surface area contributed by atoms with Crippen LogP contribution in [0.25, 0.3) is 0 Å². The lowest BCUT2D eigenvalue weighted by Crippen LogP contribution is -2.48. The van der Waals surface area contributed by atoms with Crippen molar-refractivity contribution >= 4 is 5.69 Å². The maximum Gasteiger partial charge on any atom is 0.160 e. The first kappa shape index (κ1) is 12.6. The van der Waals surface area contributed by atoms with Crippen molar-refractivity contribution in [3.05, 3.63) is 29.8 Å². The third-order valence-corrected chi connectivity index (χ3v) is 4.75. The van der Waals surface area contributed by atoms with Crippen molar-refractivity contribution in [3.8, 4) is 0 Å². The van der Waals surface area contributed by atoms with E-state index in [0.717, 1.165) is 32.8 Å². The molecule has 3 heterocycles. The van der Waals surface area contributed by atoms with Crippen molar-refractivity contribution in [2.45, 2.75) is 25.6 Å². The summed E-state index contributed by atoms with van der Waals surface area (Å²) < 4.78 is 11.3. The summed E-state index contributed by atoms with van der Waals surface area (Å²) in [5, 5.41) is 4.99. The standard InChI is InChI=1S/C16H22N2O2/c1-2-4-15-13(3-1)7-10-18(15)17-8-5-14(6-9-17)16-19-11-12-20-16/h1-4,14,16H,5-12H2. The van der Waals surface area contributed by atoms with Crippen molar-refractivity contribution in [1.29, 1.82) is 0 Å². The van der Waals surface area contributed by atoms with E-state index in [4.69, 9.17) is 9.47 Å². The van der Waals surface area contributed by atoms with E-state index < -0.39 is 0 Å². The van der Waals surface area contributed by atoms with Gasteiger partial charge < -0.3 is 14.5 Å². The molecule has 4 nitrogen and oxygen atoms in total. The molecule has 0 amide bonds. The number of nitrogens with zero attached hydrogens (tertiary/aromatic N) is 2. The summed E-state index contributed by atoms with van der Waals surface area (Å²) in [6, 6.07) is 8.79. The number of anilines is 1. The molecular formula is C16H22N2O2. The van der Waals surface area contributed by atoms with Gasteiger partial charge in [0.1, 0.15) is 0 Å². The van der Waals surface area contributed by atoms with Gasteiger partial charge in [0.25, 0.3) is 0 Å². The first-order chi connectivity index (χ1) is 9.92. The van der Waals surface area contributed by atoms with Gasteiger partial charge in [0, 0.05) is 25.6 Å². The zero-order valence-corrected chi connectivity index (χ0v) is 11.8. The molecule has 1 aromatic rings. The number of piperidine rings is 1. The second kappa shape index (κ2) is 5.35. The van der Waals surface area contributed by atoms with E-state index in [9.17, 15) is 0 Å². The molecule has 2 fully saturated rings. The van der Waals surface area contributed by atoms with Gasteiger partial charge in [0.05, 0.1) is 18.9 Å². The average molecular weight is 274 g/mol. The quantitative estimate of drug-likeness (QED) is 0.824. The summed E-state index contributed by atoms with van der Waals surface area (Å²) in [6.07, 6.45) is 3.57. The number of hydrogen-bond acceptors (Lipinski definition) is 4. The molecule has 0 saturated carbocycles. The minimum atomic E-state index is 0.0583. The molecule has 0 unspecified atom stereocenters. The number of para-hydroxylation sites is 1. The van der Waals surface area contributed by atoms with Crippen LogP contribution in [0.5, 0.6) is 0 Å². The normalized spacial score (nSPS) is 25.3. The third kappa shape index (κ3) is 2.22. The van der Waals surface area contributed by atoms with Crippen molar-refractivity contribution in [2.75, 3.05) is 37.9 Å². The predicted molar refractivity (Wildman–Crippen MR) is 77.5 cm³/mol. The predicted octanol–water partition coefficient (Wildman–Crippen LogP) is 2.05. The summed E-state index contributed by atoms with van der Waals surface area (Å²) in [7, 11) is 0. The van der Waals surface area contributed by atoms with Crippen LogP contribution in [0.15, 0.2) is 24.3 Å². The Kier molecular flexibility index (Phi) is 3.38.